The number of benzene rings is 4. The van der Waals surface area contributed by atoms with Gasteiger partial charge in [-0.25, -0.2) is 0 Å². The summed E-state index contributed by atoms with van der Waals surface area (Å²) in [6.45, 7) is 9.88. The van der Waals surface area contributed by atoms with Gasteiger partial charge in [0, 0.05) is 95.1 Å². The monoisotopic (exact) mass is 1200 g/mol. The lowest BCUT2D eigenvalue weighted by Crippen LogP contribution is -2.51. The Balaban J connectivity index is 1.15. The highest BCUT2D eigenvalue weighted by Gasteiger charge is 2.38. The number of nitrogen functional groups attached to an aromatic ring is 1. The highest BCUT2D eigenvalue weighted by molar-refractivity contribution is 8.00. The minimum absolute atomic E-state index is 0.00621. The number of azo groups is 1. The average molecular weight is 1200 g/mol. The van der Waals surface area contributed by atoms with Crippen LogP contribution in [0.1, 0.15) is 55.7 Å². The van der Waals surface area contributed by atoms with Crippen LogP contribution in [0.4, 0.5) is 22.7 Å². The molecule has 2 fully saturated rings. The quantitative estimate of drug-likeness (QED) is 0.0111. The van der Waals surface area contributed by atoms with Crippen LogP contribution in [-0.4, -0.2) is 205 Å². The van der Waals surface area contributed by atoms with Crippen molar-refractivity contribution in [2.45, 2.75) is 76.0 Å². The maximum atomic E-state index is 14.3. The summed E-state index contributed by atoms with van der Waals surface area (Å²) < 4.78 is 44.1. The number of nitrogens with two attached hydrogens (primary N) is 1. The number of carboxylic acid groups (broad SMARTS) is 1. The number of aromatic hydroxyl groups is 1. The number of carbonyl (C=O) groups excluding carboxylic acids is 7. The number of carbonyl (C=O) groups is 8. The Morgan fingerprint density at radius 1 is 0.786 bits per heavy atom. The second kappa shape index (κ2) is 31.3. The molecule has 1 unspecified atom stereocenters. The third-order valence-electron chi connectivity index (χ3n) is 14.4. The molecule has 28 heteroatoms. The van der Waals surface area contributed by atoms with Gasteiger partial charge in [-0.1, -0.05) is 25.1 Å². The molecule has 2 atom stereocenters. The second-order valence-corrected chi connectivity index (χ2v) is 23.2. The van der Waals surface area contributed by atoms with E-state index in [1.807, 2.05) is 59.7 Å². The lowest BCUT2D eigenvalue weighted by molar-refractivity contribution is -0.140. The molecule has 8 N–H and O–H groups in total. The number of anilines is 2. The number of phenols is 1. The number of ether oxygens (including phenoxy) is 2. The van der Waals surface area contributed by atoms with Crippen molar-refractivity contribution in [2.75, 3.05) is 109 Å². The zero-order chi connectivity index (χ0) is 61.1. The smallest absolute Gasteiger partial charge is 0.317 e. The molecule has 4 aromatic carbocycles. The van der Waals surface area contributed by atoms with Crippen molar-refractivity contribution < 1.29 is 71.0 Å². The van der Waals surface area contributed by atoms with Gasteiger partial charge in [-0.05, 0) is 110 Å². The number of likely N-dealkylation sites (tertiary alicyclic amines) is 1. The number of aryl methyl sites for hydroxylation is 3. The van der Waals surface area contributed by atoms with Crippen molar-refractivity contribution >= 4 is 104 Å². The molecule has 0 aromatic heterocycles. The van der Waals surface area contributed by atoms with Crippen LogP contribution in [0, 0.1) is 20.8 Å². The SMILES string of the molecule is CCSC1CC(=O)N(CCC(=O)NCCCC[C@@H](NC(=O)CN2CCN(COC=O)CCN(COC=O)CCN(CC(=O)O)CC2)C(=O)Nc2ccc(-c3ccc(/N=N/c4ccc5c(S(=O)(=O)O)cc(C)c(N)c5c4O)c(C)c3)cc2C)C1=O. The molecule has 454 valence electrons. The Hall–Kier alpha value is -7.60. The summed E-state index contributed by atoms with van der Waals surface area (Å²) >= 11 is 1.40. The number of aliphatic carboxylic acids is 1. The van der Waals surface area contributed by atoms with Gasteiger partial charge in [0.1, 0.15) is 30.1 Å². The number of phenolic OH excluding ortho intramolecular Hbond substituents is 1. The second-order valence-electron chi connectivity index (χ2n) is 20.4. The predicted octanol–water partition coefficient (Wildman–Crippen LogP) is 3.93. The lowest BCUT2D eigenvalue weighted by atomic mass is 10.00. The number of rotatable bonds is 27. The van der Waals surface area contributed by atoms with Gasteiger partial charge in [0.05, 0.1) is 29.4 Å². The summed E-state index contributed by atoms with van der Waals surface area (Å²) in [4.78, 5) is 108. The summed E-state index contributed by atoms with van der Waals surface area (Å²) in [5.74, 6) is -2.74. The molecular formula is C56H73N11O15S2. The van der Waals surface area contributed by atoms with E-state index in [1.54, 1.807) is 24.0 Å². The minimum Gasteiger partial charge on any atom is -0.505 e. The number of carboxylic acids is 1. The van der Waals surface area contributed by atoms with Gasteiger partial charge in [-0.3, -0.25) is 67.4 Å². The largest absolute Gasteiger partial charge is 0.505 e. The zero-order valence-corrected chi connectivity index (χ0v) is 49.0. The molecule has 0 aliphatic carbocycles. The van der Waals surface area contributed by atoms with E-state index in [9.17, 15) is 61.5 Å². The van der Waals surface area contributed by atoms with Gasteiger partial charge >= 0.3 is 5.97 Å². The number of imide groups is 1. The van der Waals surface area contributed by atoms with Crippen LogP contribution in [0.5, 0.6) is 5.75 Å². The van der Waals surface area contributed by atoms with Gasteiger partial charge < -0.3 is 41.4 Å². The van der Waals surface area contributed by atoms with Crippen LogP contribution in [0.25, 0.3) is 21.9 Å². The number of nitrogens with one attached hydrogen (secondary N) is 3. The molecule has 2 aliphatic heterocycles. The van der Waals surface area contributed by atoms with E-state index in [1.165, 1.54) is 30.0 Å². The van der Waals surface area contributed by atoms with Crippen LogP contribution in [0.3, 0.4) is 0 Å². The Morgan fingerprint density at radius 2 is 1.37 bits per heavy atom. The van der Waals surface area contributed by atoms with E-state index >= 15 is 0 Å². The first-order chi connectivity index (χ1) is 40.1. The van der Waals surface area contributed by atoms with Gasteiger partial charge in [0.2, 0.25) is 29.5 Å². The summed E-state index contributed by atoms with van der Waals surface area (Å²) in [6.07, 6.45) is 1.00. The third-order valence-corrected chi connectivity index (χ3v) is 16.4. The molecule has 6 rings (SSSR count). The summed E-state index contributed by atoms with van der Waals surface area (Å²) in [6, 6.07) is 13.8. The molecule has 0 bridgehead atoms. The molecule has 84 heavy (non-hydrogen) atoms. The van der Waals surface area contributed by atoms with Gasteiger partial charge in [0.25, 0.3) is 23.1 Å². The molecule has 0 saturated carbocycles. The van der Waals surface area contributed by atoms with E-state index in [0.717, 1.165) is 16.0 Å². The topological polar surface area (TPSA) is 353 Å². The third kappa shape index (κ3) is 18.7. The highest BCUT2D eigenvalue weighted by Crippen LogP contribution is 2.43. The zero-order valence-electron chi connectivity index (χ0n) is 47.4. The summed E-state index contributed by atoms with van der Waals surface area (Å²) in [7, 11) is -4.64. The number of hydrogen-bond donors (Lipinski definition) is 7. The number of unbranched alkanes of at least 4 members (excludes halogenated alkanes) is 1. The van der Waals surface area contributed by atoms with E-state index in [4.69, 9.17) is 15.2 Å². The maximum absolute atomic E-state index is 14.3. The van der Waals surface area contributed by atoms with E-state index < -0.39 is 49.8 Å². The Labute approximate surface area is 491 Å². The van der Waals surface area contributed by atoms with Gasteiger partial charge in [-0.15, -0.1) is 16.9 Å². The van der Waals surface area contributed by atoms with Crippen molar-refractivity contribution in [3.63, 3.8) is 0 Å². The first kappa shape index (κ1) is 65.6. The first-order valence-corrected chi connectivity index (χ1v) is 29.8. The summed E-state index contributed by atoms with van der Waals surface area (Å²) in [5.41, 5.74) is 10.6. The fourth-order valence-electron chi connectivity index (χ4n) is 9.71. The average Bonchev–Trinajstić information content (AvgIpc) is 1.57. The van der Waals surface area contributed by atoms with Crippen molar-refractivity contribution in [1.29, 1.82) is 0 Å². The fraction of sp³-hybridized carbons (Fsp3) is 0.464. The summed E-state index contributed by atoms with van der Waals surface area (Å²) in [5, 5.41) is 37.8. The number of amides is 5. The molecule has 2 saturated heterocycles. The Morgan fingerprint density at radius 3 is 1.95 bits per heavy atom. The Kier molecular flexibility index (Phi) is 24.5. The molecular weight excluding hydrogens is 1130 g/mol. The van der Waals surface area contributed by atoms with E-state index in [2.05, 4.69) is 26.2 Å². The molecule has 2 heterocycles. The van der Waals surface area contributed by atoms with Crippen molar-refractivity contribution in [3.05, 3.63) is 71.3 Å². The van der Waals surface area contributed by atoms with Crippen LogP contribution in [-0.2, 0) is 57.9 Å². The van der Waals surface area contributed by atoms with Crippen molar-refractivity contribution in [3.8, 4) is 16.9 Å². The van der Waals surface area contributed by atoms with Crippen LogP contribution in [0.2, 0.25) is 0 Å². The van der Waals surface area contributed by atoms with Gasteiger partial charge in [0.15, 0.2) is 5.75 Å². The molecule has 4 aromatic rings. The molecule has 0 radical (unpaired) electrons. The minimum atomic E-state index is -4.64. The van der Waals surface area contributed by atoms with Crippen molar-refractivity contribution in [2.24, 2.45) is 10.2 Å². The molecule has 2 aliphatic rings. The normalized spacial score (nSPS) is 16.7. The molecule has 26 nitrogen and oxygen atoms in total. The number of nitrogens with zero attached hydrogens (tertiary/aromatic N) is 7. The fourth-order valence-corrected chi connectivity index (χ4v) is 11.4. The molecule has 0 spiro atoms. The lowest BCUT2D eigenvalue weighted by Gasteiger charge is -2.33. The van der Waals surface area contributed by atoms with Crippen LogP contribution in [0.15, 0.2) is 69.7 Å². The van der Waals surface area contributed by atoms with Crippen molar-refractivity contribution in [1.82, 2.24) is 35.1 Å². The maximum Gasteiger partial charge on any atom is 0.317 e. The number of fused-ring (bicyclic) bond motifs is 1. The predicted molar refractivity (Wildman–Crippen MR) is 313 cm³/mol. The number of thioether (sulfide) groups is 1. The first-order valence-electron chi connectivity index (χ1n) is 27.3. The van der Waals surface area contributed by atoms with Gasteiger partial charge in [-0.2, -0.15) is 13.5 Å². The standard InChI is InChI=1S/C56H73N11O15S2/c1-5-83-46-29-50(72)67(56(46)77)17-15-48(70)58-16-7-6-8-45(59-49(71)30-63-18-19-64(31-51(73)74)21-23-66(33-82-35-69)25-24-65(22-20-63)32-81-34-68)55(76)60-42-12-9-39(26-36(42)2)40-10-13-43(37(3)27-40)61-62-44-14-11-41-47(84(78,79)80)28-38(4)53(57)52(41)54(44)75/h9-14,26-28,34-35,45-46,75H,5-8,15-25,29-33,57H2,1-4H3,(H,58,70)(H,59,71)(H,60,76)(H,73,74)(H,78,79,80)/b62-61+/t45-,46?/m1/s1. The Bertz CT molecular complexity index is 3200. The molecule has 5 amide bonds. The van der Waals surface area contributed by atoms with Crippen LogP contribution < -0.4 is 21.7 Å². The van der Waals surface area contributed by atoms with E-state index in [0.29, 0.717) is 92.3 Å². The number of hydrogen-bond acceptors (Lipinski definition) is 21. The van der Waals surface area contributed by atoms with E-state index in [-0.39, 0.29) is 118 Å². The van der Waals surface area contributed by atoms with Crippen LogP contribution >= 0.6 is 11.8 Å². The highest BCUT2D eigenvalue weighted by atomic mass is 32.2.